The zero-order chi connectivity index (χ0) is 25.1. The Bertz CT molecular complexity index is 1100. The molecular weight excluding hydrogens is 479 g/mol. The van der Waals surface area contributed by atoms with Crippen molar-refractivity contribution < 1.29 is 19.0 Å². The van der Waals surface area contributed by atoms with Crippen molar-refractivity contribution in [1.82, 2.24) is 9.97 Å². The number of halogens is 2. The number of ether oxygens (including phenoxy) is 3. The molecule has 1 amide bonds. The number of nitrogens with one attached hydrogen (secondary N) is 2. The highest BCUT2D eigenvalue weighted by atomic mass is 35.5. The average Bonchev–Trinajstić information content (AvgIpc) is 2.83. The van der Waals surface area contributed by atoms with Crippen molar-refractivity contribution >= 4 is 46.9 Å². The third kappa shape index (κ3) is 6.76. The van der Waals surface area contributed by atoms with Gasteiger partial charge in [0, 0.05) is 24.0 Å². The zero-order valence-electron chi connectivity index (χ0n) is 19.3. The van der Waals surface area contributed by atoms with Gasteiger partial charge in [-0.2, -0.15) is 0 Å². The highest BCUT2D eigenvalue weighted by Gasteiger charge is 2.19. The molecule has 8 nitrogen and oxygen atoms in total. The van der Waals surface area contributed by atoms with E-state index in [4.69, 9.17) is 37.4 Å². The number of carbonyl (C=O) groups excluding carboxylic acids is 1. The normalized spacial score (nSPS) is 9.82. The molecule has 0 saturated carbocycles. The summed E-state index contributed by atoms with van der Waals surface area (Å²) in [6.45, 7) is 7.29. The van der Waals surface area contributed by atoms with E-state index in [0.29, 0.717) is 40.8 Å². The summed E-state index contributed by atoms with van der Waals surface area (Å²) >= 11 is 12.6. The van der Waals surface area contributed by atoms with Crippen LogP contribution in [0.15, 0.2) is 49.3 Å². The first kappa shape index (κ1) is 26.8. The van der Waals surface area contributed by atoms with Crippen LogP contribution in [0, 0.1) is 6.92 Å². The van der Waals surface area contributed by atoms with E-state index in [2.05, 4.69) is 27.2 Å². The quantitative estimate of drug-likeness (QED) is 0.264. The van der Waals surface area contributed by atoms with Crippen molar-refractivity contribution in [3.8, 4) is 17.2 Å². The second kappa shape index (κ2) is 13.3. The minimum Gasteiger partial charge on any atom is -0.495 e. The Morgan fingerprint density at radius 1 is 1.09 bits per heavy atom. The van der Waals surface area contributed by atoms with E-state index >= 15 is 0 Å². The van der Waals surface area contributed by atoms with Crippen molar-refractivity contribution in [3.63, 3.8) is 0 Å². The maximum atomic E-state index is 10.8. The van der Waals surface area contributed by atoms with Crippen LogP contribution in [0.5, 0.6) is 17.2 Å². The minimum atomic E-state index is 0.123. The van der Waals surface area contributed by atoms with Crippen LogP contribution in [0.2, 0.25) is 10.0 Å². The van der Waals surface area contributed by atoms with Crippen molar-refractivity contribution in [2.45, 2.75) is 20.5 Å². The number of hydrogen-bond donors (Lipinski definition) is 2. The van der Waals surface area contributed by atoms with Gasteiger partial charge in [-0.1, -0.05) is 41.4 Å². The maximum absolute atomic E-state index is 10.8. The number of benzene rings is 2. The van der Waals surface area contributed by atoms with Gasteiger partial charge in [0.2, 0.25) is 12.4 Å². The molecule has 34 heavy (non-hydrogen) atoms. The Hall–Kier alpha value is -3.49. The number of allylic oxidation sites excluding steroid dienone is 1. The number of anilines is 3. The van der Waals surface area contributed by atoms with Crippen LogP contribution in [0.4, 0.5) is 17.3 Å². The van der Waals surface area contributed by atoms with Crippen molar-refractivity contribution in [3.05, 3.63) is 70.5 Å². The topological polar surface area (TPSA) is 94.6 Å². The molecule has 180 valence electrons. The molecule has 3 rings (SSSR count). The van der Waals surface area contributed by atoms with Crippen LogP contribution in [-0.4, -0.2) is 30.6 Å². The minimum absolute atomic E-state index is 0.123. The molecular formula is C24H26Cl2N4O4. The second-order valence-electron chi connectivity index (χ2n) is 6.73. The first-order valence-corrected chi connectivity index (χ1v) is 10.8. The smallest absolute Gasteiger partial charge is 0.227 e. The third-order valence-corrected chi connectivity index (χ3v) is 5.06. The summed E-state index contributed by atoms with van der Waals surface area (Å²) in [4.78, 5) is 19.4. The molecule has 10 heteroatoms. The first-order chi connectivity index (χ1) is 16.4. The predicted octanol–water partition coefficient (Wildman–Crippen LogP) is 6.19. The molecule has 0 spiro atoms. The SMILES string of the molecule is C=CC.COc1cc(OC)c(Cl)c(OCc2cnc(Nc3c(C)cccc3NC=O)nc2)c1Cl. The molecule has 2 N–H and O–H groups in total. The van der Waals surface area contributed by atoms with Crippen LogP contribution >= 0.6 is 23.2 Å². The summed E-state index contributed by atoms with van der Waals surface area (Å²) < 4.78 is 16.3. The number of methoxy groups -OCH3 is 2. The summed E-state index contributed by atoms with van der Waals surface area (Å²) in [6.07, 6.45) is 5.59. The molecule has 0 unspecified atom stereocenters. The van der Waals surface area contributed by atoms with Gasteiger partial charge in [0.05, 0.1) is 25.6 Å². The van der Waals surface area contributed by atoms with Gasteiger partial charge < -0.3 is 24.8 Å². The molecule has 0 bridgehead atoms. The van der Waals surface area contributed by atoms with Crippen molar-refractivity contribution in [1.29, 1.82) is 0 Å². The van der Waals surface area contributed by atoms with E-state index < -0.39 is 0 Å². The lowest BCUT2D eigenvalue weighted by atomic mass is 10.1. The summed E-state index contributed by atoms with van der Waals surface area (Å²) in [5.74, 6) is 1.37. The number of para-hydroxylation sites is 1. The largest absolute Gasteiger partial charge is 0.495 e. The van der Waals surface area contributed by atoms with Crippen LogP contribution in [-0.2, 0) is 11.4 Å². The van der Waals surface area contributed by atoms with E-state index in [1.54, 1.807) is 30.6 Å². The second-order valence-corrected chi connectivity index (χ2v) is 7.49. The Labute approximate surface area is 208 Å². The Kier molecular flexibility index (Phi) is 10.4. The van der Waals surface area contributed by atoms with E-state index in [-0.39, 0.29) is 22.4 Å². The summed E-state index contributed by atoms with van der Waals surface area (Å²) in [5.41, 5.74) is 2.96. The first-order valence-electron chi connectivity index (χ1n) is 10.1. The lowest BCUT2D eigenvalue weighted by molar-refractivity contribution is -0.105. The van der Waals surface area contributed by atoms with Gasteiger partial charge >= 0.3 is 0 Å². The molecule has 0 radical (unpaired) electrons. The fourth-order valence-corrected chi connectivity index (χ4v) is 3.38. The van der Waals surface area contributed by atoms with Gasteiger partial charge in [-0.3, -0.25) is 4.79 Å². The average molecular weight is 505 g/mol. The fraction of sp³-hybridized carbons (Fsp3) is 0.208. The van der Waals surface area contributed by atoms with E-state index in [1.165, 1.54) is 14.2 Å². The van der Waals surface area contributed by atoms with Crippen LogP contribution < -0.4 is 24.8 Å². The number of carbonyl (C=O) groups is 1. The predicted molar refractivity (Wildman–Crippen MR) is 136 cm³/mol. The summed E-state index contributed by atoms with van der Waals surface area (Å²) in [7, 11) is 2.98. The monoisotopic (exact) mass is 504 g/mol. The van der Waals surface area contributed by atoms with Crippen LogP contribution in [0.1, 0.15) is 18.1 Å². The number of rotatable bonds is 9. The van der Waals surface area contributed by atoms with Gasteiger partial charge in [-0.25, -0.2) is 9.97 Å². The van der Waals surface area contributed by atoms with Gasteiger partial charge in [-0.05, 0) is 25.5 Å². The van der Waals surface area contributed by atoms with Gasteiger partial charge in [-0.15, -0.1) is 6.58 Å². The van der Waals surface area contributed by atoms with Crippen molar-refractivity contribution in [2.24, 2.45) is 0 Å². The zero-order valence-corrected chi connectivity index (χ0v) is 20.8. The lowest BCUT2D eigenvalue weighted by Crippen LogP contribution is -2.05. The highest BCUT2D eigenvalue weighted by molar-refractivity contribution is 6.39. The van der Waals surface area contributed by atoms with Crippen molar-refractivity contribution in [2.75, 3.05) is 24.9 Å². The molecule has 0 fully saturated rings. The molecule has 0 saturated heterocycles. The Balaban J connectivity index is 0.00000129. The molecule has 1 heterocycles. The van der Waals surface area contributed by atoms with E-state index in [9.17, 15) is 4.79 Å². The number of amides is 1. The van der Waals surface area contributed by atoms with Gasteiger partial charge in [0.15, 0.2) is 5.75 Å². The number of aryl methyl sites for hydroxylation is 1. The van der Waals surface area contributed by atoms with Crippen LogP contribution in [0.25, 0.3) is 0 Å². The molecule has 2 aromatic carbocycles. The molecule has 0 atom stereocenters. The highest BCUT2D eigenvalue weighted by Crippen LogP contribution is 2.46. The molecule has 1 aromatic heterocycles. The Morgan fingerprint density at radius 2 is 1.68 bits per heavy atom. The number of aromatic nitrogens is 2. The lowest BCUT2D eigenvalue weighted by Gasteiger charge is -2.15. The standard InChI is InChI=1S/C21H20Cl2N4O4.C3H6/c1-12-5-4-6-14(26-11-28)19(12)27-21-24-8-13(9-25-21)10-31-20-17(22)15(29-2)7-16(30-3)18(20)23;1-3-2/h4-9,11H,10H2,1-3H3,(H,26,28)(H,24,25,27);3H,1H2,2H3. The number of nitrogens with zero attached hydrogens (tertiary/aromatic N) is 2. The van der Waals surface area contributed by atoms with E-state index in [1.807, 2.05) is 26.0 Å². The maximum Gasteiger partial charge on any atom is 0.227 e. The third-order valence-electron chi connectivity index (χ3n) is 4.35. The summed E-state index contributed by atoms with van der Waals surface area (Å²) in [5, 5.41) is 6.24. The fourth-order valence-electron chi connectivity index (χ4n) is 2.77. The number of hydrogen-bond acceptors (Lipinski definition) is 7. The summed E-state index contributed by atoms with van der Waals surface area (Å²) in [6, 6.07) is 7.12. The van der Waals surface area contributed by atoms with Gasteiger partial charge in [0.25, 0.3) is 0 Å². The molecule has 3 aromatic rings. The molecule has 0 aliphatic carbocycles. The molecule has 0 aliphatic rings. The Morgan fingerprint density at radius 3 is 2.21 bits per heavy atom. The van der Waals surface area contributed by atoms with Gasteiger partial charge in [0.1, 0.15) is 28.2 Å². The van der Waals surface area contributed by atoms with Crippen LogP contribution in [0.3, 0.4) is 0 Å². The molecule has 0 aliphatic heterocycles. The van der Waals surface area contributed by atoms with E-state index in [0.717, 1.165) is 5.56 Å².